The van der Waals surface area contributed by atoms with Crippen molar-refractivity contribution in [2.45, 2.75) is 26.4 Å². The van der Waals surface area contributed by atoms with Crippen molar-refractivity contribution in [3.05, 3.63) is 58.9 Å². The summed E-state index contributed by atoms with van der Waals surface area (Å²) in [6.07, 6.45) is 2.33. The van der Waals surface area contributed by atoms with Gasteiger partial charge in [0.15, 0.2) is 11.5 Å². The van der Waals surface area contributed by atoms with E-state index in [4.69, 9.17) is 14.7 Å². The first-order valence-electron chi connectivity index (χ1n) is 8.36. The SMILES string of the molecule is CCC(C)Oc1ccc(/C=N/NC(=O)c2ccc(C#N)cc2F)cc1OC. The van der Waals surface area contributed by atoms with Gasteiger partial charge in [0, 0.05) is 0 Å². The Kier molecular flexibility index (Phi) is 6.89. The lowest BCUT2D eigenvalue weighted by Crippen LogP contribution is -2.19. The number of benzene rings is 2. The molecule has 0 fully saturated rings. The number of carbonyl (C=O) groups excluding carboxylic acids is 1. The van der Waals surface area contributed by atoms with Gasteiger partial charge in [0.25, 0.3) is 5.91 Å². The maximum atomic E-state index is 13.8. The second kappa shape index (κ2) is 9.34. The van der Waals surface area contributed by atoms with E-state index in [1.54, 1.807) is 24.3 Å². The van der Waals surface area contributed by atoms with E-state index in [9.17, 15) is 9.18 Å². The van der Waals surface area contributed by atoms with Crippen molar-refractivity contribution >= 4 is 12.1 Å². The van der Waals surface area contributed by atoms with Gasteiger partial charge in [0.05, 0.1) is 36.6 Å². The van der Waals surface area contributed by atoms with E-state index in [1.165, 1.54) is 25.5 Å². The van der Waals surface area contributed by atoms with Crippen LogP contribution in [-0.2, 0) is 0 Å². The van der Waals surface area contributed by atoms with Crippen molar-refractivity contribution in [3.8, 4) is 17.6 Å². The molecular weight excluding hydrogens is 349 g/mol. The predicted molar refractivity (Wildman–Crippen MR) is 99.6 cm³/mol. The summed E-state index contributed by atoms with van der Waals surface area (Å²) in [7, 11) is 1.54. The van der Waals surface area contributed by atoms with Crippen LogP contribution in [0, 0.1) is 17.1 Å². The van der Waals surface area contributed by atoms with Crippen LogP contribution >= 0.6 is 0 Å². The number of nitrogens with one attached hydrogen (secondary N) is 1. The van der Waals surface area contributed by atoms with Crippen molar-refractivity contribution in [2.24, 2.45) is 5.10 Å². The lowest BCUT2D eigenvalue weighted by molar-refractivity contribution is 0.0951. The van der Waals surface area contributed by atoms with Crippen LogP contribution in [0.25, 0.3) is 0 Å². The normalized spacial score (nSPS) is 11.7. The first-order valence-corrected chi connectivity index (χ1v) is 8.36. The molecule has 2 rings (SSSR count). The minimum absolute atomic E-state index is 0.0556. The molecule has 2 aromatic rings. The molecule has 2 aromatic carbocycles. The zero-order valence-electron chi connectivity index (χ0n) is 15.3. The number of halogens is 1. The summed E-state index contributed by atoms with van der Waals surface area (Å²) in [4.78, 5) is 12.0. The van der Waals surface area contributed by atoms with Gasteiger partial charge in [-0.25, -0.2) is 9.82 Å². The molecule has 27 heavy (non-hydrogen) atoms. The molecule has 1 N–H and O–H groups in total. The second-order valence-electron chi connectivity index (χ2n) is 5.75. The van der Waals surface area contributed by atoms with E-state index in [0.29, 0.717) is 17.1 Å². The lowest BCUT2D eigenvalue weighted by Gasteiger charge is -2.15. The molecular formula is C20H20FN3O3. The van der Waals surface area contributed by atoms with Crippen molar-refractivity contribution < 1.29 is 18.7 Å². The Morgan fingerprint density at radius 3 is 2.74 bits per heavy atom. The van der Waals surface area contributed by atoms with Crippen LogP contribution in [-0.4, -0.2) is 25.3 Å². The number of nitrogens with zero attached hydrogens (tertiary/aromatic N) is 2. The molecule has 1 unspecified atom stereocenters. The third-order valence-electron chi connectivity index (χ3n) is 3.81. The summed E-state index contributed by atoms with van der Waals surface area (Å²) in [5.41, 5.74) is 2.87. The van der Waals surface area contributed by atoms with Gasteiger partial charge >= 0.3 is 0 Å². The summed E-state index contributed by atoms with van der Waals surface area (Å²) in [5.74, 6) is -0.330. The number of hydrogen-bond acceptors (Lipinski definition) is 5. The summed E-state index contributed by atoms with van der Waals surface area (Å²) >= 11 is 0. The van der Waals surface area contributed by atoms with Crippen LogP contribution in [0.4, 0.5) is 4.39 Å². The molecule has 0 bridgehead atoms. The van der Waals surface area contributed by atoms with Gasteiger partial charge in [-0.2, -0.15) is 10.4 Å². The fourth-order valence-corrected chi connectivity index (χ4v) is 2.16. The van der Waals surface area contributed by atoms with Gasteiger partial charge in [-0.1, -0.05) is 6.92 Å². The van der Waals surface area contributed by atoms with E-state index in [1.807, 2.05) is 13.8 Å². The van der Waals surface area contributed by atoms with Crippen LogP contribution in [0.3, 0.4) is 0 Å². The Balaban J connectivity index is 2.07. The number of carbonyl (C=O) groups is 1. The Morgan fingerprint density at radius 2 is 2.11 bits per heavy atom. The summed E-state index contributed by atoms with van der Waals surface area (Å²) in [6, 6.07) is 10.6. The number of hydrazone groups is 1. The number of nitriles is 1. The lowest BCUT2D eigenvalue weighted by atomic mass is 10.1. The molecule has 0 saturated heterocycles. The van der Waals surface area contributed by atoms with Gasteiger partial charge < -0.3 is 9.47 Å². The Bertz CT molecular complexity index is 891. The van der Waals surface area contributed by atoms with Crippen molar-refractivity contribution in [2.75, 3.05) is 7.11 Å². The first-order chi connectivity index (χ1) is 13.0. The monoisotopic (exact) mass is 369 g/mol. The molecule has 1 atom stereocenters. The van der Waals surface area contributed by atoms with E-state index < -0.39 is 11.7 Å². The van der Waals surface area contributed by atoms with Crippen molar-refractivity contribution in [3.63, 3.8) is 0 Å². The molecule has 1 amide bonds. The van der Waals surface area contributed by atoms with Crippen molar-refractivity contribution in [1.82, 2.24) is 5.43 Å². The molecule has 0 aromatic heterocycles. The molecule has 0 saturated carbocycles. The van der Waals surface area contributed by atoms with E-state index >= 15 is 0 Å². The number of hydrogen-bond donors (Lipinski definition) is 1. The Morgan fingerprint density at radius 1 is 1.33 bits per heavy atom. The first kappa shape index (κ1) is 19.9. The average Bonchev–Trinajstić information content (AvgIpc) is 2.68. The number of methoxy groups -OCH3 is 1. The van der Waals surface area contributed by atoms with Crippen LogP contribution in [0.5, 0.6) is 11.5 Å². The smallest absolute Gasteiger partial charge is 0.274 e. The van der Waals surface area contributed by atoms with Gasteiger partial charge in [-0.15, -0.1) is 0 Å². The third kappa shape index (κ3) is 5.28. The fraction of sp³-hybridized carbons (Fsp3) is 0.250. The molecule has 0 radical (unpaired) electrons. The van der Waals surface area contributed by atoms with Gasteiger partial charge in [-0.3, -0.25) is 4.79 Å². The Hall–Kier alpha value is -3.40. The third-order valence-corrected chi connectivity index (χ3v) is 3.81. The highest BCUT2D eigenvalue weighted by atomic mass is 19.1. The highest BCUT2D eigenvalue weighted by Crippen LogP contribution is 2.28. The minimum Gasteiger partial charge on any atom is -0.493 e. The highest BCUT2D eigenvalue weighted by Gasteiger charge is 2.12. The number of rotatable bonds is 7. The molecule has 140 valence electrons. The second-order valence-corrected chi connectivity index (χ2v) is 5.75. The Labute approximate surface area is 157 Å². The summed E-state index contributed by atoms with van der Waals surface area (Å²) in [6.45, 7) is 3.99. The van der Waals surface area contributed by atoms with Crippen molar-refractivity contribution in [1.29, 1.82) is 5.26 Å². The molecule has 6 nitrogen and oxygen atoms in total. The summed E-state index contributed by atoms with van der Waals surface area (Å²) < 4.78 is 24.9. The van der Waals surface area contributed by atoms with Crippen LogP contribution in [0.1, 0.15) is 41.8 Å². The molecule has 0 spiro atoms. The van der Waals surface area contributed by atoms with E-state index in [2.05, 4.69) is 10.5 Å². The van der Waals surface area contributed by atoms with Crippen LogP contribution < -0.4 is 14.9 Å². The van der Waals surface area contributed by atoms with Gasteiger partial charge in [0.1, 0.15) is 5.82 Å². The molecule has 0 heterocycles. The molecule has 0 aliphatic carbocycles. The minimum atomic E-state index is -0.782. The standard InChI is InChI=1S/C20H20FN3O3/c1-4-13(2)27-18-8-6-15(10-19(18)26-3)12-23-24-20(25)16-7-5-14(11-22)9-17(16)21/h5-10,12-13H,4H2,1-3H3,(H,24,25)/b23-12+. The van der Waals surface area contributed by atoms with E-state index in [0.717, 1.165) is 12.5 Å². The molecule has 0 aliphatic heterocycles. The van der Waals surface area contributed by atoms with Crippen LogP contribution in [0.2, 0.25) is 0 Å². The maximum Gasteiger partial charge on any atom is 0.274 e. The van der Waals surface area contributed by atoms with Gasteiger partial charge in [-0.05, 0) is 55.3 Å². The average molecular weight is 369 g/mol. The zero-order valence-corrected chi connectivity index (χ0v) is 15.3. The molecule has 7 heteroatoms. The zero-order chi connectivity index (χ0) is 19.8. The highest BCUT2D eigenvalue weighted by molar-refractivity contribution is 5.95. The predicted octanol–water partition coefficient (Wildman–Crippen LogP) is 3.65. The maximum absolute atomic E-state index is 13.8. The number of ether oxygens (including phenoxy) is 2. The number of amides is 1. The largest absolute Gasteiger partial charge is 0.493 e. The van der Waals surface area contributed by atoms with Gasteiger partial charge in [0.2, 0.25) is 0 Å². The van der Waals surface area contributed by atoms with E-state index in [-0.39, 0.29) is 17.2 Å². The fourth-order valence-electron chi connectivity index (χ4n) is 2.16. The quantitative estimate of drug-likeness (QED) is 0.596. The summed E-state index contributed by atoms with van der Waals surface area (Å²) in [5, 5.41) is 12.6. The van der Waals surface area contributed by atoms with Crippen LogP contribution in [0.15, 0.2) is 41.5 Å². The molecule has 0 aliphatic rings. The topological polar surface area (TPSA) is 83.7 Å².